The van der Waals surface area contributed by atoms with Gasteiger partial charge in [-0.25, -0.2) is 9.78 Å². The van der Waals surface area contributed by atoms with Crippen LogP contribution in [0, 0.1) is 0 Å². The third kappa shape index (κ3) is 7.96. The monoisotopic (exact) mass is 456 g/mol. The molecule has 3 rings (SSSR count). The SMILES string of the molecule is CCCCCC/C=C/C(=O)OC(CN1CCN(c2ccccn2)CC1)CN1C(=O)CCC1=O. The molecule has 2 saturated heterocycles. The molecule has 0 aromatic carbocycles. The Morgan fingerprint density at radius 3 is 2.48 bits per heavy atom. The maximum atomic E-state index is 12.4. The molecule has 2 amide bonds. The van der Waals surface area contributed by atoms with Crippen molar-refractivity contribution in [2.24, 2.45) is 0 Å². The van der Waals surface area contributed by atoms with Gasteiger partial charge in [-0.3, -0.25) is 19.4 Å². The van der Waals surface area contributed by atoms with E-state index >= 15 is 0 Å². The number of aromatic nitrogens is 1. The second-order valence-electron chi connectivity index (χ2n) is 8.68. The Labute approximate surface area is 196 Å². The van der Waals surface area contributed by atoms with Crippen LogP contribution < -0.4 is 4.90 Å². The van der Waals surface area contributed by atoms with Crippen molar-refractivity contribution in [2.75, 3.05) is 44.2 Å². The molecule has 8 heteroatoms. The number of esters is 1. The lowest BCUT2D eigenvalue weighted by Crippen LogP contribution is -2.51. The third-order valence-electron chi connectivity index (χ3n) is 6.11. The highest BCUT2D eigenvalue weighted by Crippen LogP contribution is 2.16. The fourth-order valence-corrected chi connectivity index (χ4v) is 4.22. The maximum absolute atomic E-state index is 12.4. The van der Waals surface area contributed by atoms with Crippen molar-refractivity contribution in [2.45, 2.75) is 58.0 Å². The van der Waals surface area contributed by atoms with E-state index in [1.54, 1.807) is 6.20 Å². The number of hydrogen-bond acceptors (Lipinski definition) is 7. The van der Waals surface area contributed by atoms with Gasteiger partial charge in [0.25, 0.3) is 0 Å². The largest absolute Gasteiger partial charge is 0.456 e. The van der Waals surface area contributed by atoms with Crippen molar-refractivity contribution < 1.29 is 19.1 Å². The van der Waals surface area contributed by atoms with E-state index in [1.165, 1.54) is 23.8 Å². The van der Waals surface area contributed by atoms with Crippen LogP contribution in [0.2, 0.25) is 0 Å². The van der Waals surface area contributed by atoms with E-state index in [0.29, 0.717) is 6.54 Å². The number of piperazine rings is 1. The molecule has 1 unspecified atom stereocenters. The Balaban J connectivity index is 1.53. The third-order valence-corrected chi connectivity index (χ3v) is 6.11. The van der Waals surface area contributed by atoms with Gasteiger partial charge < -0.3 is 9.64 Å². The van der Waals surface area contributed by atoms with Crippen LogP contribution in [0.15, 0.2) is 36.5 Å². The minimum Gasteiger partial charge on any atom is -0.456 e. The number of imide groups is 1. The molecule has 2 fully saturated rings. The van der Waals surface area contributed by atoms with Gasteiger partial charge in [0.15, 0.2) is 0 Å². The lowest BCUT2D eigenvalue weighted by atomic mass is 10.1. The minimum absolute atomic E-state index is 0.119. The molecule has 0 aliphatic carbocycles. The maximum Gasteiger partial charge on any atom is 0.330 e. The highest BCUT2D eigenvalue weighted by Gasteiger charge is 2.33. The molecule has 2 aliphatic heterocycles. The molecule has 1 aromatic heterocycles. The first-order chi connectivity index (χ1) is 16.1. The van der Waals surface area contributed by atoms with Gasteiger partial charge in [-0.15, -0.1) is 0 Å². The average molecular weight is 457 g/mol. The fraction of sp³-hybridized carbons (Fsp3) is 0.600. The number of unbranched alkanes of at least 4 members (excludes halogenated alkanes) is 4. The number of amides is 2. The smallest absolute Gasteiger partial charge is 0.330 e. The lowest BCUT2D eigenvalue weighted by molar-refractivity contribution is -0.150. The standard InChI is InChI=1S/C25H36N4O4/c1-2-3-4-5-6-7-11-25(32)33-21(20-29-23(30)12-13-24(29)31)19-27-15-17-28(18-16-27)22-10-8-9-14-26-22/h7-11,14,21H,2-6,12-13,15-20H2,1H3/b11-7+. The Bertz CT molecular complexity index is 790. The summed E-state index contributed by atoms with van der Waals surface area (Å²) in [4.78, 5) is 46.8. The van der Waals surface area contributed by atoms with Gasteiger partial charge in [0, 0.05) is 57.8 Å². The zero-order chi connectivity index (χ0) is 23.5. The fourth-order valence-electron chi connectivity index (χ4n) is 4.22. The van der Waals surface area contributed by atoms with Crippen LogP contribution in [0.5, 0.6) is 0 Å². The number of rotatable bonds is 12. The summed E-state index contributed by atoms with van der Waals surface area (Å²) in [5, 5.41) is 0. The molecule has 0 saturated carbocycles. The van der Waals surface area contributed by atoms with E-state index in [1.807, 2.05) is 24.3 Å². The van der Waals surface area contributed by atoms with Crippen molar-refractivity contribution in [3.8, 4) is 0 Å². The summed E-state index contributed by atoms with van der Waals surface area (Å²) in [6.45, 7) is 5.99. The van der Waals surface area contributed by atoms with E-state index < -0.39 is 12.1 Å². The minimum atomic E-state index is -0.547. The summed E-state index contributed by atoms with van der Waals surface area (Å²) >= 11 is 0. The molecule has 8 nitrogen and oxygen atoms in total. The predicted molar refractivity (Wildman–Crippen MR) is 127 cm³/mol. The molecular weight excluding hydrogens is 420 g/mol. The van der Waals surface area contributed by atoms with Gasteiger partial charge in [0.2, 0.25) is 11.8 Å². The van der Waals surface area contributed by atoms with E-state index in [-0.39, 0.29) is 31.2 Å². The molecule has 0 N–H and O–H groups in total. The molecule has 0 bridgehead atoms. The summed E-state index contributed by atoms with van der Waals surface area (Å²) in [7, 11) is 0. The Kier molecular flexibility index (Phi) is 9.87. The number of pyridine rings is 1. The van der Waals surface area contributed by atoms with Crippen molar-refractivity contribution in [3.05, 3.63) is 36.5 Å². The Hall–Kier alpha value is -2.74. The molecular formula is C25H36N4O4. The second-order valence-corrected chi connectivity index (χ2v) is 8.68. The molecule has 33 heavy (non-hydrogen) atoms. The summed E-state index contributed by atoms with van der Waals surface area (Å²) in [5.41, 5.74) is 0. The number of carbonyl (C=O) groups is 3. The van der Waals surface area contributed by atoms with E-state index in [9.17, 15) is 14.4 Å². The van der Waals surface area contributed by atoms with E-state index in [2.05, 4.69) is 21.7 Å². The van der Waals surface area contributed by atoms with Crippen LogP contribution in [0.1, 0.15) is 51.9 Å². The average Bonchev–Trinajstić information content (AvgIpc) is 3.14. The Morgan fingerprint density at radius 2 is 1.82 bits per heavy atom. The summed E-state index contributed by atoms with van der Waals surface area (Å²) < 4.78 is 5.71. The highest BCUT2D eigenvalue weighted by molar-refractivity contribution is 6.02. The molecule has 3 heterocycles. The van der Waals surface area contributed by atoms with Gasteiger partial charge in [0.1, 0.15) is 11.9 Å². The van der Waals surface area contributed by atoms with Gasteiger partial charge in [-0.2, -0.15) is 0 Å². The molecule has 0 spiro atoms. The van der Waals surface area contributed by atoms with Gasteiger partial charge >= 0.3 is 5.97 Å². The molecule has 2 aliphatic rings. The van der Waals surface area contributed by atoms with Gasteiger partial charge in [0.05, 0.1) is 6.54 Å². The highest BCUT2D eigenvalue weighted by atomic mass is 16.5. The number of likely N-dealkylation sites (tertiary alicyclic amines) is 1. The number of hydrogen-bond donors (Lipinski definition) is 0. The summed E-state index contributed by atoms with van der Waals surface area (Å²) in [5.74, 6) is 0.166. The van der Waals surface area contributed by atoms with Crippen LogP contribution in [0.4, 0.5) is 5.82 Å². The van der Waals surface area contributed by atoms with E-state index in [0.717, 1.165) is 51.3 Å². The normalized spacial score (nSPS) is 18.3. The molecule has 1 atom stereocenters. The number of carbonyl (C=O) groups excluding carboxylic acids is 3. The molecule has 180 valence electrons. The van der Waals surface area contributed by atoms with Gasteiger partial charge in [-0.1, -0.05) is 38.3 Å². The number of allylic oxidation sites excluding steroid dienone is 1. The van der Waals surface area contributed by atoms with Crippen LogP contribution in [-0.4, -0.2) is 77.9 Å². The topological polar surface area (TPSA) is 83.1 Å². The number of anilines is 1. The quantitative estimate of drug-likeness (QED) is 0.207. The van der Waals surface area contributed by atoms with Crippen molar-refractivity contribution in [1.82, 2.24) is 14.8 Å². The first-order valence-electron chi connectivity index (χ1n) is 12.2. The molecule has 1 aromatic rings. The first kappa shape index (κ1) is 24.9. The molecule has 0 radical (unpaired) electrons. The number of nitrogens with zero attached hydrogens (tertiary/aromatic N) is 4. The van der Waals surface area contributed by atoms with E-state index in [4.69, 9.17) is 4.74 Å². The summed E-state index contributed by atoms with van der Waals surface area (Å²) in [6, 6.07) is 5.88. The Morgan fingerprint density at radius 1 is 1.06 bits per heavy atom. The predicted octanol–water partition coefficient (Wildman–Crippen LogP) is 2.79. The lowest BCUT2D eigenvalue weighted by Gasteiger charge is -2.37. The van der Waals surface area contributed by atoms with Crippen LogP contribution in [0.3, 0.4) is 0 Å². The van der Waals surface area contributed by atoms with Crippen molar-refractivity contribution in [3.63, 3.8) is 0 Å². The van der Waals surface area contributed by atoms with Crippen LogP contribution in [-0.2, 0) is 19.1 Å². The van der Waals surface area contributed by atoms with Gasteiger partial charge in [-0.05, 0) is 25.0 Å². The summed E-state index contributed by atoms with van der Waals surface area (Å²) in [6.07, 6.45) is 10.5. The van der Waals surface area contributed by atoms with Crippen LogP contribution in [0.25, 0.3) is 0 Å². The first-order valence-corrected chi connectivity index (χ1v) is 12.2. The zero-order valence-corrected chi connectivity index (χ0v) is 19.7. The van der Waals surface area contributed by atoms with Crippen LogP contribution >= 0.6 is 0 Å². The second kappa shape index (κ2) is 13.1. The van der Waals surface area contributed by atoms with Crippen molar-refractivity contribution in [1.29, 1.82) is 0 Å². The zero-order valence-electron chi connectivity index (χ0n) is 19.7. The number of ether oxygens (including phenoxy) is 1. The van der Waals surface area contributed by atoms with Crippen molar-refractivity contribution >= 4 is 23.6 Å².